The van der Waals surface area contributed by atoms with Crippen LogP contribution in [-0.2, 0) is 0 Å². The van der Waals surface area contributed by atoms with Crippen LogP contribution in [-0.4, -0.2) is 24.1 Å². The van der Waals surface area contributed by atoms with Crippen LogP contribution in [0.5, 0.6) is 0 Å². The lowest BCUT2D eigenvalue weighted by molar-refractivity contribution is 0.305. The number of halogens is 1. The monoisotopic (exact) mass is 378 g/mol. The summed E-state index contributed by atoms with van der Waals surface area (Å²) in [5.74, 6) is 0.692. The van der Waals surface area contributed by atoms with E-state index in [1.807, 2.05) is 6.07 Å². The van der Waals surface area contributed by atoms with Gasteiger partial charge in [0.05, 0.1) is 11.4 Å². The molecule has 1 spiro atoms. The summed E-state index contributed by atoms with van der Waals surface area (Å²) in [6, 6.07) is 6.13. The van der Waals surface area contributed by atoms with Gasteiger partial charge in [0.1, 0.15) is 5.66 Å². The summed E-state index contributed by atoms with van der Waals surface area (Å²) in [5.41, 5.74) is 13.8. The summed E-state index contributed by atoms with van der Waals surface area (Å²) in [6.45, 7) is 2.91. The molecule has 0 atom stereocenters. The average molecular weight is 379 g/mol. The first kappa shape index (κ1) is 16.1. The lowest BCUT2D eigenvalue weighted by Crippen LogP contribution is -2.58. The van der Waals surface area contributed by atoms with Crippen molar-refractivity contribution in [3.63, 3.8) is 0 Å². The van der Waals surface area contributed by atoms with Gasteiger partial charge in [-0.15, -0.1) is 0 Å². The Morgan fingerprint density at radius 2 is 2.00 bits per heavy atom. The van der Waals surface area contributed by atoms with Gasteiger partial charge in [-0.25, -0.2) is 4.99 Å². The summed E-state index contributed by atoms with van der Waals surface area (Å²) >= 11 is 3.56. The number of hydrogen-bond donors (Lipinski definition) is 3. The van der Waals surface area contributed by atoms with Crippen molar-refractivity contribution in [2.24, 2.45) is 21.5 Å². The van der Waals surface area contributed by atoms with Gasteiger partial charge in [-0.05, 0) is 50.8 Å². The van der Waals surface area contributed by atoms with Crippen LogP contribution in [0.3, 0.4) is 0 Å². The molecule has 0 amide bonds. The Morgan fingerprint density at radius 3 is 2.70 bits per heavy atom. The number of guanidine groups is 2. The quantitative estimate of drug-likeness (QED) is 0.753. The normalized spacial score (nSPS) is 20.2. The Balaban J connectivity index is 2.12. The Bertz CT molecular complexity index is 648. The second-order valence-corrected chi connectivity index (χ2v) is 6.93. The molecule has 1 fully saturated rings. The van der Waals surface area contributed by atoms with E-state index in [2.05, 4.69) is 50.2 Å². The molecule has 124 valence electrons. The molecule has 2 aliphatic rings. The van der Waals surface area contributed by atoms with Gasteiger partial charge in [-0.2, -0.15) is 4.99 Å². The highest BCUT2D eigenvalue weighted by atomic mass is 79.9. The van der Waals surface area contributed by atoms with Crippen LogP contribution in [0.25, 0.3) is 0 Å². The number of aliphatic imine (C=N–C) groups is 2. The molecule has 1 aromatic rings. The molecule has 0 saturated heterocycles. The fourth-order valence-electron chi connectivity index (χ4n) is 3.50. The fraction of sp³-hybridized carbons (Fsp3) is 0.500. The van der Waals surface area contributed by atoms with E-state index >= 15 is 0 Å². The van der Waals surface area contributed by atoms with E-state index in [-0.39, 0.29) is 5.96 Å². The molecule has 5 N–H and O–H groups in total. The maximum atomic E-state index is 6.29. The standard InChI is InChI=1S/C16H23BrN6/c1-2-20-12-7-6-11(17)10-13(12)23-15(19)21-14(18)22-16(23)8-4-3-5-9-16/h6-7,10,20H,2-5,8-9H2,1H3,(H4,18,19,21,22). The average Bonchev–Trinajstić information content (AvgIpc) is 2.50. The lowest BCUT2D eigenvalue weighted by atomic mass is 9.87. The van der Waals surface area contributed by atoms with Gasteiger partial charge in [0.25, 0.3) is 0 Å². The van der Waals surface area contributed by atoms with E-state index in [4.69, 9.17) is 16.5 Å². The van der Waals surface area contributed by atoms with E-state index in [0.29, 0.717) is 5.96 Å². The molecule has 0 bridgehead atoms. The van der Waals surface area contributed by atoms with Crippen LogP contribution < -0.4 is 21.7 Å². The number of hydrogen-bond acceptors (Lipinski definition) is 6. The van der Waals surface area contributed by atoms with Crippen LogP contribution in [0.15, 0.2) is 32.7 Å². The minimum atomic E-state index is -0.418. The number of nitrogens with one attached hydrogen (secondary N) is 1. The molecule has 6 nitrogen and oxygen atoms in total. The van der Waals surface area contributed by atoms with Crippen molar-refractivity contribution in [2.45, 2.75) is 44.7 Å². The van der Waals surface area contributed by atoms with Gasteiger partial charge in [0, 0.05) is 11.0 Å². The van der Waals surface area contributed by atoms with Crippen molar-refractivity contribution >= 4 is 39.2 Å². The molecule has 3 rings (SSSR count). The van der Waals surface area contributed by atoms with Crippen LogP contribution in [0, 0.1) is 0 Å². The zero-order chi connectivity index (χ0) is 16.4. The molecular formula is C16H23BrN6. The molecule has 0 aromatic heterocycles. The van der Waals surface area contributed by atoms with Crippen molar-refractivity contribution in [3.05, 3.63) is 22.7 Å². The number of anilines is 2. The first-order valence-electron chi connectivity index (χ1n) is 8.09. The summed E-state index contributed by atoms with van der Waals surface area (Å²) in [7, 11) is 0. The van der Waals surface area contributed by atoms with Crippen molar-refractivity contribution in [3.8, 4) is 0 Å². The van der Waals surface area contributed by atoms with E-state index in [0.717, 1.165) is 48.1 Å². The first-order chi connectivity index (χ1) is 11.1. The molecule has 7 heteroatoms. The number of benzene rings is 1. The van der Waals surface area contributed by atoms with Gasteiger partial charge in [-0.3, -0.25) is 4.90 Å². The van der Waals surface area contributed by atoms with Crippen molar-refractivity contribution < 1.29 is 0 Å². The van der Waals surface area contributed by atoms with E-state index in [1.54, 1.807) is 0 Å². The van der Waals surface area contributed by atoms with E-state index in [9.17, 15) is 0 Å². The van der Waals surface area contributed by atoms with Crippen LogP contribution in [0.1, 0.15) is 39.0 Å². The lowest BCUT2D eigenvalue weighted by Gasteiger charge is -2.46. The van der Waals surface area contributed by atoms with Gasteiger partial charge < -0.3 is 16.8 Å². The van der Waals surface area contributed by atoms with Gasteiger partial charge in [0.15, 0.2) is 0 Å². The SMILES string of the molecule is CCNc1ccc(Br)cc1N1C(N)=NC(N)=NC12CCCCC2. The highest BCUT2D eigenvalue weighted by Crippen LogP contribution is 2.42. The second kappa shape index (κ2) is 6.39. The third kappa shape index (κ3) is 3.02. The predicted molar refractivity (Wildman–Crippen MR) is 99.8 cm³/mol. The van der Waals surface area contributed by atoms with E-state index in [1.165, 1.54) is 6.42 Å². The molecular weight excluding hydrogens is 356 g/mol. The highest BCUT2D eigenvalue weighted by Gasteiger charge is 2.43. The zero-order valence-electron chi connectivity index (χ0n) is 13.3. The number of rotatable bonds is 3. The van der Waals surface area contributed by atoms with Crippen LogP contribution >= 0.6 is 15.9 Å². The van der Waals surface area contributed by atoms with Crippen molar-refractivity contribution in [1.29, 1.82) is 0 Å². The zero-order valence-corrected chi connectivity index (χ0v) is 14.9. The van der Waals surface area contributed by atoms with Crippen molar-refractivity contribution in [2.75, 3.05) is 16.8 Å². The smallest absolute Gasteiger partial charge is 0.220 e. The second-order valence-electron chi connectivity index (χ2n) is 6.01. The van der Waals surface area contributed by atoms with Gasteiger partial charge in [-0.1, -0.05) is 22.4 Å². The highest BCUT2D eigenvalue weighted by molar-refractivity contribution is 9.10. The Labute approximate surface area is 145 Å². The van der Waals surface area contributed by atoms with Crippen molar-refractivity contribution in [1.82, 2.24) is 0 Å². The third-order valence-electron chi connectivity index (χ3n) is 4.42. The molecule has 0 radical (unpaired) electrons. The molecule has 1 aliphatic carbocycles. The third-order valence-corrected chi connectivity index (χ3v) is 4.91. The fourth-order valence-corrected chi connectivity index (χ4v) is 3.85. The van der Waals surface area contributed by atoms with Gasteiger partial charge in [0.2, 0.25) is 11.9 Å². The summed E-state index contributed by atoms with van der Waals surface area (Å²) in [5, 5.41) is 3.40. The van der Waals surface area contributed by atoms with Crippen LogP contribution in [0.4, 0.5) is 11.4 Å². The summed E-state index contributed by atoms with van der Waals surface area (Å²) in [6.07, 6.45) is 5.32. The molecule has 23 heavy (non-hydrogen) atoms. The minimum absolute atomic E-state index is 0.278. The minimum Gasteiger partial charge on any atom is -0.384 e. The Morgan fingerprint density at radius 1 is 1.26 bits per heavy atom. The maximum Gasteiger partial charge on any atom is 0.220 e. The predicted octanol–water partition coefficient (Wildman–Crippen LogP) is 2.99. The molecule has 1 saturated carbocycles. The van der Waals surface area contributed by atoms with Crippen LogP contribution in [0.2, 0.25) is 0 Å². The first-order valence-corrected chi connectivity index (χ1v) is 8.88. The van der Waals surface area contributed by atoms with E-state index < -0.39 is 5.66 Å². The molecule has 1 aliphatic heterocycles. The topological polar surface area (TPSA) is 92.0 Å². The summed E-state index contributed by atoms with van der Waals surface area (Å²) < 4.78 is 0.996. The Hall–Kier alpha value is -1.76. The maximum absolute atomic E-state index is 6.29. The summed E-state index contributed by atoms with van der Waals surface area (Å²) in [4.78, 5) is 11.0. The molecule has 1 heterocycles. The van der Waals surface area contributed by atoms with Gasteiger partial charge >= 0.3 is 0 Å². The molecule has 0 unspecified atom stereocenters. The number of nitrogens with two attached hydrogens (primary N) is 2. The largest absolute Gasteiger partial charge is 0.384 e. The Kier molecular flexibility index (Phi) is 4.48. The number of nitrogens with zero attached hydrogens (tertiary/aromatic N) is 3. The molecule has 1 aromatic carbocycles.